The van der Waals surface area contributed by atoms with Crippen LogP contribution in [0.4, 0.5) is 0 Å². The lowest BCUT2D eigenvalue weighted by Crippen LogP contribution is -2.51. The monoisotopic (exact) mass is 264 g/mol. The van der Waals surface area contributed by atoms with Crippen molar-refractivity contribution in [3.05, 3.63) is 0 Å². The molecule has 0 bridgehead atoms. The third-order valence-corrected chi connectivity index (χ3v) is 5.95. The van der Waals surface area contributed by atoms with Gasteiger partial charge in [0, 0.05) is 18.1 Å². The Morgan fingerprint density at radius 1 is 0.947 bits per heavy atom. The molecular weight excluding hydrogens is 232 g/mol. The summed E-state index contributed by atoms with van der Waals surface area (Å²) in [4.78, 5) is 2.74. The first-order chi connectivity index (χ1) is 9.24. The minimum atomic E-state index is 0.809. The van der Waals surface area contributed by atoms with Gasteiger partial charge in [0.1, 0.15) is 0 Å². The first-order valence-corrected chi connectivity index (χ1v) is 8.74. The highest BCUT2D eigenvalue weighted by Gasteiger charge is 2.34. The third kappa shape index (κ3) is 3.16. The first kappa shape index (κ1) is 13.9. The van der Waals surface area contributed by atoms with Crippen LogP contribution in [0.5, 0.6) is 0 Å². The van der Waals surface area contributed by atoms with Crippen LogP contribution in [0.2, 0.25) is 0 Å². The fourth-order valence-electron chi connectivity index (χ4n) is 4.84. The lowest BCUT2D eigenvalue weighted by atomic mass is 9.77. The van der Waals surface area contributed by atoms with Gasteiger partial charge in [-0.1, -0.05) is 26.7 Å². The van der Waals surface area contributed by atoms with Gasteiger partial charge in [0.15, 0.2) is 0 Å². The van der Waals surface area contributed by atoms with E-state index in [0.717, 1.165) is 30.0 Å². The van der Waals surface area contributed by atoms with E-state index in [1.54, 1.807) is 0 Å². The molecule has 2 heteroatoms. The summed E-state index contributed by atoms with van der Waals surface area (Å²) in [7, 11) is 0. The second-order valence-corrected chi connectivity index (χ2v) is 7.52. The van der Waals surface area contributed by atoms with Crippen molar-refractivity contribution in [2.45, 2.75) is 83.3 Å². The molecule has 0 aromatic heterocycles. The van der Waals surface area contributed by atoms with E-state index < -0.39 is 0 Å². The van der Waals surface area contributed by atoms with E-state index >= 15 is 0 Å². The molecule has 4 unspecified atom stereocenters. The maximum atomic E-state index is 4.08. The van der Waals surface area contributed by atoms with E-state index in [1.807, 2.05) is 0 Å². The Morgan fingerprint density at radius 2 is 1.79 bits per heavy atom. The summed E-state index contributed by atoms with van der Waals surface area (Å²) in [5, 5.41) is 4.08. The van der Waals surface area contributed by atoms with Gasteiger partial charge in [-0.15, -0.1) is 0 Å². The molecule has 0 aromatic carbocycles. The quantitative estimate of drug-likeness (QED) is 0.840. The van der Waals surface area contributed by atoms with Crippen LogP contribution in [-0.2, 0) is 0 Å². The Balaban J connectivity index is 1.54. The highest BCUT2D eigenvalue weighted by atomic mass is 15.2. The van der Waals surface area contributed by atoms with Gasteiger partial charge in [0.25, 0.3) is 0 Å². The van der Waals surface area contributed by atoms with Gasteiger partial charge in [-0.25, -0.2) is 0 Å². The number of nitrogens with one attached hydrogen (secondary N) is 1. The zero-order valence-electron chi connectivity index (χ0n) is 12.9. The zero-order valence-corrected chi connectivity index (χ0v) is 12.9. The molecule has 0 aromatic rings. The Labute approximate surface area is 119 Å². The van der Waals surface area contributed by atoms with Crippen molar-refractivity contribution in [1.82, 2.24) is 10.2 Å². The van der Waals surface area contributed by atoms with Crippen LogP contribution in [-0.4, -0.2) is 36.1 Å². The van der Waals surface area contributed by atoms with E-state index in [9.17, 15) is 0 Å². The van der Waals surface area contributed by atoms with E-state index in [0.29, 0.717) is 0 Å². The molecule has 3 rings (SSSR count). The smallest absolute Gasteiger partial charge is 0.0111 e. The molecule has 2 aliphatic heterocycles. The molecule has 19 heavy (non-hydrogen) atoms. The average Bonchev–Trinajstić information content (AvgIpc) is 2.86. The van der Waals surface area contributed by atoms with Crippen LogP contribution in [0.3, 0.4) is 0 Å². The number of piperidine rings is 1. The Kier molecular flexibility index (Phi) is 4.48. The van der Waals surface area contributed by atoms with Crippen LogP contribution < -0.4 is 5.32 Å². The van der Waals surface area contributed by atoms with Gasteiger partial charge < -0.3 is 10.2 Å². The van der Waals surface area contributed by atoms with Crippen molar-refractivity contribution in [1.29, 1.82) is 0 Å². The summed E-state index contributed by atoms with van der Waals surface area (Å²) in [6, 6.07) is 2.53. The van der Waals surface area contributed by atoms with Crippen molar-refractivity contribution in [2.24, 2.45) is 11.8 Å². The van der Waals surface area contributed by atoms with E-state index in [4.69, 9.17) is 0 Å². The van der Waals surface area contributed by atoms with E-state index in [-0.39, 0.29) is 0 Å². The molecule has 4 atom stereocenters. The first-order valence-electron chi connectivity index (χ1n) is 8.74. The number of hydrogen-bond donors (Lipinski definition) is 1. The molecule has 3 aliphatic rings. The Morgan fingerprint density at radius 3 is 2.63 bits per heavy atom. The Bertz CT molecular complexity index is 289. The lowest BCUT2D eigenvalue weighted by molar-refractivity contribution is 0.132. The SMILES string of the molecule is CC(C)C1CCCCC1NC1CCN2CCCC2C1. The molecule has 2 nitrogen and oxygen atoms in total. The van der Waals surface area contributed by atoms with Gasteiger partial charge >= 0.3 is 0 Å². The minimum Gasteiger partial charge on any atom is -0.311 e. The summed E-state index contributed by atoms with van der Waals surface area (Å²) >= 11 is 0. The van der Waals surface area contributed by atoms with Crippen molar-refractivity contribution in [2.75, 3.05) is 13.1 Å². The largest absolute Gasteiger partial charge is 0.311 e. The summed E-state index contributed by atoms with van der Waals surface area (Å²) in [5.74, 6) is 1.78. The maximum absolute atomic E-state index is 4.08. The molecule has 1 N–H and O–H groups in total. The third-order valence-electron chi connectivity index (χ3n) is 5.95. The second-order valence-electron chi connectivity index (χ2n) is 7.52. The molecule has 1 saturated carbocycles. The summed E-state index contributed by atoms with van der Waals surface area (Å²) < 4.78 is 0. The standard InChI is InChI=1S/C17H32N2/c1-13(2)16-7-3-4-8-17(16)18-14-9-11-19-10-5-6-15(19)12-14/h13-18H,3-12H2,1-2H3. The number of hydrogen-bond acceptors (Lipinski definition) is 2. The highest BCUT2D eigenvalue weighted by molar-refractivity contribution is 4.92. The van der Waals surface area contributed by atoms with Gasteiger partial charge in [-0.2, -0.15) is 0 Å². The molecule has 0 amide bonds. The predicted octanol–water partition coefficient (Wildman–Crippen LogP) is 3.42. The normalized spacial score (nSPS) is 40.6. The van der Waals surface area contributed by atoms with Crippen molar-refractivity contribution in [3.63, 3.8) is 0 Å². The van der Waals surface area contributed by atoms with E-state index in [1.165, 1.54) is 64.5 Å². The fourth-order valence-corrected chi connectivity index (χ4v) is 4.84. The van der Waals surface area contributed by atoms with Crippen LogP contribution in [0.25, 0.3) is 0 Å². The van der Waals surface area contributed by atoms with Gasteiger partial charge in [0.2, 0.25) is 0 Å². The predicted molar refractivity (Wildman–Crippen MR) is 81.3 cm³/mol. The minimum absolute atomic E-state index is 0.809. The van der Waals surface area contributed by atoms with E-state index in [2.05, 4.69) is 24.1 Å². The average molecular weight is 264 g/mol. The highest BCUT2D eigenvalue weighted by Crippen LogP contribution is 2.32. The van der Waals surface area contributed by atoms with Crippen molar-refractivity contribution >= 4 is 0 Å². The van der Waals surface area contributed by atoms with Gasteiger partial charge in [-0.3, -0.25) is 0 Å². The molecule has 2 heterocycles. The molecule has 0 radical (unpaired) electrons. The number of fused-ring (bicyclic) bond motifs is 1. The van der Waals surface area contributed by atoms with Crippen LogP contribution in [0, 0.1) is 11.8 Å². The molecule has 1 aliphatic carbocycles. The topological polar surface area (TPSA) is 15.3 Å². The molecular formula is C17H32N2. The summed E-state index contributed by atoms with van der Waals surface area (Å²) in [6.45, 7) is 7.56. The number of nitrogens with zero attached hydrogens (tertiary/aromatic N) is 1. The van der Waals surface area contributed by atoms with Crippen LogP contribution in [0.15, 0.2) is 0 Å². The van der Waals surface area contributed by atoms with Crippen LogP contribution >= 0.6 is 0 Å². The zero-order chi connectivity index (χ0) is 13.2. The maximum Gasteiger partial charge on any atom is 0.0111 e. The summed E-state index contributed by atoms with van der Waals surface area (Å²) in [5.41, 5.74) is 0. The summed E-state index contributed by atoms with van der Waals surface area (Å²) in [6.07, 6.45) is 11.5. The Hall–Kier alpha value is -0.0800. The molecule has 2 saturated heterocycles. The van der Waals surface area contributed by atoms with Crippen LogP contribution in [0.1, 0.15) is 65.2 Å². The molecule has 3 fully saturated rings. The lowest BCUT2D eigenvalue weighted by Gasteiger charge is -2.41. The molecule has 0 spiro atoms. The van der Waals surface area contributed by atoms with Crippen molar-refractivity contribution in [3.8, 4) is 0 Å². The molecule has 110 valence electrons. The second kappa shape index (κ2) is 6.13. The fraction of sp³-hybridized carbons (Fsp3) is 1.00. The van der Waals surface area contributed by atoms with Gasteiger partial charge in [-0.05, 0) is 63.5 Å². The number of rotatable bonds is 3. The van der Waals surface area contributed by atoms with Crippen molar-refractivity contribution < 1.29 is 0 Å². The van der Waals surface area contributed by atoms with Gasteiger partial charge in [0.05, 0.1) is 0 Å².